The summed E-state index contributed by atoms with van der Waals surface area (Å²) in [4.78, 5) is 11.4. The summed E-state index contributed by atoms with van der Waals surface area (Å²) in [6, 6.07) is 7.41. The molecule has 1 aromatic rings. The molecule has 3 heteroatoms. The Morgan fingerprint density at radius 3 is 2.57 bits per heavy atom. The predicted molar refractivity (Wildman–Crippen MR) is 63.6 cm³/mol. The SMILES string of the molecule is CCS/C(C=O)=C\c1ccc(Cl)cc1. The quantitative estimate of drug-likeness (QED) is 0.576. The van der Waals surface area contributed by atoms with Crippen LogP contribution in [0.15, 0.2) is 29.2 Å². The van der Waals surface area contributed by atoms with Gasteiger partial charge in [0.15, 0.2) is 6.29 Å². The molecular weight excluding hydrogens is 216 g/mol. The van der Waals surface area contributed by atoms with Crippen molar-refractivity contribution in [2.75, 3.05) is 5.75 Å². The summed E-state index contributed by atoms with van der Waals surface area (Å²) in [7, 11) is 0. The number of benzene rings is 1. The van der Waals surface area contributed by atoms with Gasteiger partial charge < -0.3 is 0 Å². The number of carbonyl (C=O) groups is 1. The summed E-state index contributed by atoms with van der Waals surface area (Å²) in [5.41, 5.74) is 0.998. The van der Waals surface area contributed by atoms with Crippen LogP contribution in [0.4, 0.5) is 0 Å². The maximum absolute atomic E-state index is 10.7. The van der Waals surface area contributed by atoms with Crippen molar-refractivity contribution < 1.29 is 4.79 Å². The minimum Gasteiger partial charge on any atom is -0.297 e. The van der Waals surface area contributed by atoms with Crippen LogP contribution in [0.3, 0.4) is 0 Å². The fourth-order valence-corrected chi connectivity index (χ4v) is 1.75. The van der Waals surface area contributed by atoms with E-state index in [1.54, 1.807) is 0 Å². The van der Waals surface area contributed by atoms with Crippen LogP contribution in [0.2, 0.25) is 5.02 Å². The number of hydrogen-bond donors (Lipinski definition) is 0. The third kappa shape index (κ3) is 3.56. The lowest BCUT2D eigenvalue weighted by molar-refractivity contribution is -0.104. The summed E-state index contributed by atoms with van der Waals surface area (Å²) >= 11 is 7.28. The summed E-state index contributed by atoms with van der Waals surface area (Å²) in [5.74, 6) is 0.901. The summed E-state index contributed by atoms with van der Waals surface area (Å²) in [6.45, 7) is 2.02. The molecule has 0 spiro atoms. The number of carbonyl (C=O) groups excluding carboxylic acids is 1. The number of halogens is 1. The third-order valence-corrected chi connectivity index (χ3v) is 2.69. The van der Waals surface area contributed by atoms with Gasteiger partial charge in [0.05, 0.1) is 0 Å². The highest BCUT2D eigenvalue weighted by Crippen LogP contribution is 2.18. The van der Waals surface area contributed by atoms with Gasteiger partial charge in [0.2, 0.25) is 0 Å². The fourth-order valence-electron chi connectivity index (χ4n) is 1.000. The van der Waals surface area contributed by atoms with Gasteiger partial charge in [-0.3, -0.25) is 4.79 Å². The van der Waals surface area contributed by atoms with E-state index in [1.807, 2.05) is 37.3 Å². The minimum atomic E-state index is 0.706. The first-order valence-corrected chi connectivity index (χ1v) is 5.68. The molecule has 0 atom stereocenters. The van der Waals surface area contributed by atoms with Crippen molar-refractivity contribution in [1.82, 2.24) is 0 Å². The van der Waals surface area contributed by atoms with Crippen molar-refractivity contribution >= 4 is 35.7 Å². The second-order valence-electron chi connectivity index (χ2n) is 2.65. The number of allylic oxidation sites excluding steroid dienone is 1. The van der Waals surface area contributed by atoms with E-state index >= 15 is 0 Å². The molecule has 0 amide bonds. The van der Waals surface area contributed by atoms with Crippen LogP contribution in [0.1, 0.15) is 12.5 Å². The van der Waals surface area contributed by atoms with E-state index in [1.165, 1.54) is 11.8 Å². The highest BCUT2D eigenvalue weighted by molar-refractivity contribution is 8.04. The van der Waals surface area contributed by atoms with Crippen LogP contribution < -0.4 is 0 Å². The Balaban J connectivity index is 2.83. The Kier molecular flexibility index (Phi) is 4.77. The minimum absolute atomic E-state index is 0.706. The Labute approximate surface area is 93.2 Å². The van der Waals surface area contributed by atoms with Crippen molar-refractivity contribution in [3.8, 4) is 0 Å². The van der Waals surface area contributed by atoms with Crippen LogP contribution in [0, 0.1) is 0 Å². The molecule has 0 N–H and O–H groups in total. The third-order valence-electron chi connectivity index (χ3n) is 1.61. The van der Waals surface area contributed by atoms with Gasteiger partial charge in [-0.1, -0.05) is 30.7 Å². The van der Waals surface area contributed by atoms with E-state index in [9.17, 15) is 4.79 Å². The topological polar surface area (TPSA) is 17.1 Å². The van der Waals surface area contributed by atoms with Crippen molar-refractivity contribution in [2.24, 2.45) is 0 Å². The lowest BCUT2D eigenvalue weighted by atomic mass is 10.2. The molecule has 1 rings (SSSR count). The Hall–Kier alpha value is -0.730. The maximum atomic E-state index is 10.7. The lowest BCUT2D eigenvalue weighted by Gasteiger charge is -1.97. The molecule has 0 aliphatic carbocycles. The molecule has 0 fully saturated rings. The van der Waals surface area contributed by atoms with Crippen LogP contribution in [0.25, 0.3) is 6.08 Å². The normalized spacial score (nSPS) is 11.4. The smallest absolute Gasteiger partial charge is 0.156 e. The summed E-state index contributed by atoms with van der Waals surface area (Å²) in [6.07, 6.45) is 2.74. The monoisotopic (exact) mass is 226 g/mol. The fraction of sp³-hybridized carbons (Fsp3) is 0.182. The molecular formula is C11H11ClOS. The standard InChI is InChI=1S/C11H11ClOS/c1-2-14-11(8-13)7-9-3-5-10(12)6-4-9/h3-8H,2H2,1H3/b11-7-. The molecule has 1 nitrogen and oxygen atoms in total. The molecule has 0 aliphatic rings. The number of aldehydes is 1. The van der Waals surface area contributed by atoms with Gasteiger partial charge in [0.1, 0.15) is 0 Å². The Morgan fingerprint density at radius 1 is 1.43 bits per heavy atom. The van der Waals surface area contributed by atoms with Crippen molar-refractivity contribution in [3.05, 3.63) is 39.8 Å². The van der Waals surface area contributed by atoms with E-state index in [0.717, 1.165) is 22.5 Å². The first-order chi connectivity index (χ1) is 6.76. The van der Waals surface area contributed by atoms with E-state index in [2.05, 4.69) is 0 Å². The van der Waals surface area contributed by atoms with Crippen molar-refractivity contribution in [1.29, 1.82) is 0 Å². The first kappa shape index (κ1) is 11.3. The van der Waals surface area contributed by atoms with Gasteiger partial charge in [-0.25, -0.2) is 0 Å². The van der Waals surface area contributed by atoms with Gasteiger partial charge in [0, 0.05) is 9.93 Å². The van der Waals surface area contributed by atoms with E-state index in [-0.39, 0.29) is 0 Å². The molecule has 1 aromatic carbocycles. The van der Waals surface area contributed by atoms with Crippen molar-refractivity contribution in [2.45, 2.75) is 6.92 Å². The van der Waals surface area contributed by atoms with E-state index in [4.69, 9.17) is 11.6 Å². The van der Waals surface area contributed by atoms with Crippen LogP contribution in [0.5, 0.6) is 0 Å². The van der Waals surface area contributed by atoms with E-state index in [0.29, 0.717) is 5.02 Å². The zero-order valence-corrected chi connectivity index (χ0v) is 9.44. The van der Waals surface area contributed by atoms with Gasteiger partial charge in [-0.2, -0.15) is 0 Å². The lowest BCUT2D eigenvalue weighted by Crippen LogP contribution is -1.80. The Bertz CT molecular complexity index is 330. The predicted octanol–water partition coefficient (Wildman–Crippen LogP) is 3.63. The van der Waals surface area contributed by atoms with Crippen molar-refractivity contribution in [3.63, 3.8) is 0 Å². The Morgan fingerprint density at radius 2 is 2.07 bits per heavy atom. The van der Waals surface area contributed by atoms with Crippen LogP contribution in [-0.4, -0.2) is 12.0 Å². The van der Waals surface area contributed by atoms with Crippen LogP contribution in [-0.2, 0) is 4.79 Å². The van der Waals surface area contributed by atoms with Crippen LogP contribution >= 0.6 is 23.4 Å². The first-order valence-electron chi connectivity index (χ1n) is 4.31. The highest BCUT2D eigenvalue weighted by atomic mass is 35.5. The second-order valence-corrected chi connectivity index (χ2v) is 4.42. The zero-order chi connectivity index (χ0) is 10.4. The zero-order valence-electron chi connectivity index (χ0n) is 7.87. The summed E-state index contributed by atoms with van der Waals surface area (Å²) < 4.78 is 0. The molecule has 0 heterocycles. The van der Waals surface area contributed by atoms with Gasteiger partial charge in [-0.15, -0.1) is 11.8 Å². The highest BCUT2D eigenvalue weighted by Gasteiger charge is 1.95. The molecule has 0 saturated heterocycles. The molecule has 0 saturated carbocycles. The molecule has 14 heavy (non-hydrogen) atoms. The molecule has 0 bridgehead atoms. The number of hydrogen-bond acceptors (Lipinski definition) is 2. The average Bonchev–Trinajstić information content (AvgIpc) is 2.20. The largest absolute Gasteiger partial charge is 0.297 e. The molecule has 74 valence electrons. The number of rotatable bonds is 4. The molecule has 0 unspecified atom stereocenters. The second kappa shape index (κ2) is 5.89. The molecule has 0 radical (unpaired) electrons. The average molecular weight is 227 g/mol. The van der Waals surface area contributed by atoms with Gasteiger partial charge in [-0.05, 0) is 29.5 Å². The van der Waals surface area contributed by atoms with E-state index < -0.39 is 0 Å². The maximum Gasteiger partial charge on any atom is 0.156 e. The molecule has 0 aliphatic heterocycles. The number of thioether (sulfide) groups is 1. The van der Waals surface area contributed by atoms with Gasteiger partial charge >= 0.3 is 0 Å². The van der Waals surface area contributed by atoms with Gasteiger partial charge in [0.25, 0.3) is 0 Å². The molecule has 0 aromatic heterocycles. The summed E-state index contributed by atoms with van der Waals surface area (Å²) in [5, 5.41) is 0.706.